The van der Waals surface area contributed by atoms with Gasteiger partial charge in [0.25, 0.3) is 9.05 Å². The molecule has 0 atom stereocenters. The van der Waals surface area contributed by atoms with Crippen LogP contribution in [0, 0.1) is 15.9 Å². The predicted octanol–water partition coefficient (Wildman–Crippen LogP) is 2.56. The second kappa shape index (κ2) is 4.81. The summed E-state index contributed by atoms with van der Waals surface area (Å²) in [5.41, 5.74) is -1.35. The fourth-order valence-electron chi connectivity index (χ4n) is 1.10. The summed E-state index contributed by atoms with van der Waals surface area (Å²) in [6, 6.07) is 0.603. The molecule has 1 aromatic rings. The van der Waals surface area contributed by atoms with Crippen LogP contribution in [0.2, 0.25) is 0 Å². The number of hydrogen-bond donors (Lipinski definition) is 0. The van der Waals surface area contributed by atoms with E-state index in [1.807, 2.05) is 0 Å². The molecule has 0 aromatic heterocycles. The first-order valence-corrected chi connectivity index (χ1v) is 6.41. The Balaban J connectivity index is 3.59. The van der Waals surface area contributed by atoms with Crippen molar-refractivity contribution in [3.63, 3.8) is 0 Å². The molecule has 0 N–H and O–H groups in total. The minimum absolute atomic E-state index is 0.282. The molecule has 1 rings (SSSR count). The van der Waals surface area contributed by atoms with Crippen LogP contribution in [-0.4, -0.2) is 19.7 Å². The smallest absolute Gasteiger partial charge is 0.404 e. The Labute approximate surface area is 107 Å². The minimum Gasteiger partial charge on any atom is -0.404 e. The first kappa shape index (κ1) is 15.4. The lowest BCUT2D eigenvalue weighted by Gasteiger charge is -2.11. The highest BCUT2D eigenvalue weighted by Gasteiger charge is 2.37. The van der Waals surface area contributed by atoms with Crippen molar-refractivity contribution >= 4 is 25.4 Å². The highest BCUT2D eigenvalue weighted by molar-refractivity contribution is 8.13. The third-order valence-electron chi connectivity index (χ3n) is 1.71. The Bertz CT molecular complexity index is 629. The van der Waals surface area contributed by atoms with E-state index < -0.39 is 42.5 Å². The molecule has 0 saturated heterocycles. The molecule has 19 heavy (non-hydrogen) atoms. The second-order valence-corrected chi connectivity index (χ2v) is 5.47. The summed E-state index contributed by atoms with van der Waals surface area (Å²) in [5.74, 6) is -3.53. The Morgan fingerprint density at radius 2 is 1.84 bits per heavy atom. The van der Waals surface area contributed by atoms with Crippen molar-refractivity contribution in [3.8, 4) is 5.75 Å². The van der Waals surface area contributed by atoms with Crippen LogP contribution in [0.1, 0.15) is 0 Å². The van der Waals surface area contributed by atoms with E-state index in [0.29, 0.717) is 6.07 Å². The normalized spacial score (nSPS) is 12.3. The maximum Gasteiger partial charge on any atom is 0.573 e. The lowest BCUT2D eigenvalue weighted by atomic mass is 10.3. The van der Waals surface area contributed by atoms with Crippen molar-refractivity contribution in [2.45, 2.75) is 11.3 Å². The van der Waals surface area contributed by atoms with Gasteiger partial charge in [0.2, 0.25) is 5.82 Å². The highest BCUT2D eigenvalue weighted by atomic mass is 35.7. The number of nitrogens with zero attached hydrogens (tertiary/aromatic N) is 1. The van der Waals surface area contributed by atoms with Gasteiger partial charge in [0, 0.05) is 16.7 Å². The Morgan fingerprint density at radius 1 is 1.32 bits per heavy atom. The summed E-state index contributed by atoms with van der Waals surface area (Å²) in [7, 11) is -0.288. The van der Waals surface area contributed by atoms with Gasteiger partial charge in [-0.3, -0.25) is 10.1 Å². The van der Waals surface area contributed by atoms with Gasteiger partial charge in [-0.2, -0.15) is 4.39 Å². The summed E-state index contributed by atoms with van der Waals surface area (Å²) >= 11 is 0. The van der Waals surface area contributed by atoms with Gasteiger partial charge in [0.05, 0.1) is 4.92 Å². The van der Waals surface area contributed by atoms with Gasteiger partial charge in [-0.05, 0) is 6.07 Å². The zero-order chi connectivity index (χ0) is 15.0. The molecular formula is C7H2ClF4NO5S. The van der Waals surface area contributed by atoms with Crippen LogP contribution in [0.4, 0.5) is 23.2 Å². The van der Waals surface area contributed by atoms with Crippen molar-refractivity contribution < 1.29 is 35.6 Å². The average Bonchev–Trinajstić information content (AvgIpc) is 2.11. The van der Waals surface area contributed by atoms with Crippen molar-refractivity contribution in [2.24, 2.45) is 0 Å². The van der Waals surface area contributed by atoms with Crippen LogP contribution in [-0.2, 0) is 9.05 Å². The molecule has 106 valence electrons. The summed E-state index contributed by atoms with van der Waals surface area (Å²) < 4.78 is 74.7. The molecule has 0 unspecified atom stereocenters. The zero-order valence-electron chi connectivity index (χ0n) is 8.44. The van der Waals surface area contributed by atoms with Crippen LogP contribution >= 0.6 is 10.7 Å². The van der Waals surface area contributed by atoms with E-state index >= 15 is 0 Å². The number of rotatable bonds is 3. The van der Waals surface area contributed by atoms with Crippen molar-refractivity contribution in [1.29, 1.82) is 0 Å². The second-order valence-electron chi connectivity index (χ2n) is 2.97. The van der Waals surface area contributed by atoms with E-state index in [4.69, 9.17) is 10.7 Å². The quantitative estimate of drug-likeness (QED) is 0.369. The van der Waals surface area contributed by atoms with E-state index in [-0.39, 0.29) is 6.07 Å². The molecule has 0 bridgehead atoms. The molecule has 0 aliphatic rings. The molecule has 0 spiro atoms. The van der Waals surface area contributed by atoms with E-state index in [0.717, 1.165) is 0 Å². The molecule has 0 aliphatic heterocycles. The fraction of sp³-hybridized carbons (Fsp3) is 0.143. The predicted molar refractivity (Wildman–Crippen MR) is 52.8 cm³/mol. The third-order valence-corrected chi connectivity index (χ3v) is 3.04. The molecular weight excluding hydrogens is 322 g/mol. The van der Waals surface area contributed by atoms with Crippen LogP contribution in [0.15, 0.2) is 17.0 Å². The average molecular weight is 324 g/mol. The zero-order valence-corrected chi connectivity index (χ0v) is 10.0. The molecule has 0 aliphatic carbocycles. The molecule has 1 aromatic carbocycles. The van der Waals surface area contributed by atoms with Gasteiger partial charge >= 0.3 is 12.0 Å². The highest BCUT2D eigenvalue weighted by Crippen LogP contribution is 2.37. The van der Waals surface area contributed by atoms with Crippen molar-refractivity contribution in [3.05, 3.63) is 28.1 Å². The number of nitro groups is 1. The van der Waals surface area contributed by atoms with Gasteiger partial charge < -0.3 is 4.74 Å². The number of nitro benzene ring substituents is 1. The third kappa shape index (κ3) is 3.67. The summed E-state index contributed by atoms with van der Waals surface area (Å²) in [6.45, 7) is 0. The Morgan fingerprint density at radius 3 is 2.21 bits per heavy atom. The van der Waals surface area contributed by atoms with E-state index in [1.165, 1.54) is 0 Å². The van der Waals surface area contributed by atoms with E-state index in [1.54, 1.807) is 0 Å². The Hall–Kier alpha value is -1.62. The van der Waals surface area contributed by atoms with Gasteiger partial charge in [-0.15, -0.1) is 13.2 Å². The van der Waals surface area contributed by atoms with Crippen LogP contribution in [0.3, 0.4) is 0 Å². The largest absolute Gasteiger partial charge is 0.573 e. The maximum absolute atomic E-state index is 13.5. The van der Waals surface area contributed by atoms with Gasteiger partial charge in [-0.25, -0.2) is 8.42 Å². The molecule has 6 nitrogen and oxygen atoms in total. The van der Waals surface area contributed by atoms with Gasteiger partial charge in [0.15, 0.2) is 10.6 Å². The molecule has 0 fully saturated rings. The van der Waals surface area contributed by atoms with Crippen molar-refractivity contribution in [2.75, 3.05) is 0 Å². The SMILES string of the molecule is O=[N+]([O-])c1ccc(OC(F)(F)F)c(S(=O)(=O)Cl)c1F. The number of halogens is 5. The maximum atomic E-state index is 13.5. The van der Waals surface area contributed by atoms with Crippen LogP contribution in [0.25, 0.3) is 0 Å². The molecule has 0 heterocycles. The number of ether oxygens (including phenoxy) is 1. The minimum atomic E-state index is -5.32. The standard InChI is InChI=1S/C7H2ClF4NO5S/c8-19(16,17)6-4(18-7(10,11)12)2-1-3(5(6)9)13(14)15/h1-2H. The molecule has 0 radical (unpaired) electrons. The topological polar surface area (TPSA) is 86.5 Å². The summed E-state index contributed by atoms with van der Waals surface area (Å²) in [5, 5.41) is 10.4. The van der Waals surface area contributed by atoms with Crippen LogP contribution < -0.4 is 4.74 Å². The number of benzene rings is 1. The first-order valence-electron chi connectivity index (χ1n) is 4.11. The monoisotopic (exact) mass is 323 g/mol. The number of hydrogen-bond acceptors (Lipinski definition) is 5. The van der Waals surface area contributed by atoms with Crippen molar-refractivity contribution in [1.82, 2.24) is 0 Å². The number of alkyl halides is 3. The fourth-order valence-corrected chi connectivity index (χ4v) is 2.20. The van der Waals surface area contributed by atoms with E-state index in [9.17, 15) is 36.1 Å². The Kier molecular flexibility index (Phi) is 3.91. The molecule has 12 heteroatoms. The van der Waals surface area contributed by atoms with Gasteiger partial charge in [0.1, 0.15) is 0 Å². The van der Waals surface area contributed by atoms with Gasteiger partial charge in [-0.1, -0.05) is 0 Å². The molecule has 0 amide bonds. The first-order chi connectivity index (χ1) is 8.43. The lowest BCUT2D eigenvalue weighted by Crippen LogP contribution is -2.19. The van der Waals surface area contributed by atoms with E-state index in [2.05, 4.69) is 4.74 Å². The lowest BCUT2D eigenvalue weighted by molar-refractivity contribution is -0.388. The van der Waals surface area contributed by atoms with Crippen LogP contribution in [0.5, 0.6) is 5.75 Å². The summed E-state index contributed by atoms with van der Waals surface area (Å²) in [4.78, 5) is 7.29. The summed E-state index contributed by atoms with van der Waals surface area (Å²) in [6.07, 6.45) is -5.32. The molecule has 0 saturated carbocycles.